The maximum absolute atomic E-state index is 12.3. The lowest BCUT2D eigenvalue weighted by Crippen LogP contribution is -2.32. The molecule has 0 aromatic heterocycles. The fraction of sp³-hybridized carbons (Fsp3) is 0.462. The van der Waals surface area contributed by atoms with Crippen LogP contribution in [0, 0.1) is 10.1 Å². The van der Waals surface area contributed by atoms with E-state index in [9.17, 15) is 14.9 Å². The van der Waals surface area contributed by atoms with Crippen LogP contribution >= 0.6 is 11.6 Å². The molecule has 1 rings (SSSR count). The average Bonchev–Trinajstić information content (AvgIpc) is 2.37. The van der Waals surface area contributed by atoms with E-state index in [1.54, 1.807) is 4.90 Å². The minimum Gasteiger partial charge on any atom is -0.338 e. The Morgan fingerprint density at radius 1 is 1.32 bits per heavy atom. The number of carbonyl (C=O) groups is 1. The van der Waals surface area contributed by atoms with Crippen LogP contribution in [0.2, 0.25) is 5.02 Å². The normalized spacial score (nSPS) is 10.3. The Hall–Kier alpha value is -1.62. The van der Waals surface area contributed by atoms with Crippen molar-refractivity contribution < 1.29 is 9.72 Å². The van der Waals surface area contributed by atoms with Crippen LogP contribution in [0.4, 0.5) is 5.69 Å². The first-order chi connectivity index (χ1) is 9.01. The van der Waals surface area contributed by atoms with Crippen LogP contribution in [0.25, 0.3) is 0 Å². The molecular formula is C13H17ClN2O3. The highest BCUT2D eigenvalue weighted by atomic mass is 35.5. The number of hydrogen-bond donors (Lipinski definition) is 0. The van der Waals surface area contributed by atoms with Crippen LogP contribution in [0.1, 0.15) is 37.0 Å². The number of carbonyl (C=O) groups excluding carboxylic acids is 1. The standard InChI is InChI=1S/C13H17ClN2O3/c1-3-7-15(8-4-2)13(17)11-6-5-10(14)9-12(11)16(18)19/h5-6,9H,3-4,7-8H2,1-2H3. The van der Waals surface area contributed by atoms with Crippen molar-refractivity contribution in [2.45, 2.75) is 26.7 Å². The summed E-state index contributed by atoms with van der Waals surface area (Å²) in [5.41, 5.74) is -0.147. The van der Waals surface area contributed by atoms with Gasteiger partial charge < -0.3 is 4.90 Å². The van der Waals surface area contributed by atoms with Crippen molar-refractivity contribution in [2.24, 2.45) is 0 Å². The lowest BCUT2D eigenvalue weighted by molar-refractivity contribution is -0.385. The largest absolute Gasteiger partial charge is 0.338 e. The van der Waals surface area contributed by atoms with Crippen molar-refractivity contribution in [2.75, 3.05) is 13.1 Å². The third-order valence-electron chi connectivity index (χ3n) is 2.66. The van der Waals surface area contributed by atoms with Gasteiger partial charge in [-0.25, -0.2) is 0 Å². The minimum absolute atomic E-state index is 0.0938. The summed E-state index contributed by atoms with van der Waals surface area (Å²) in [6, 6.07) is 4.13. The fourth-order valence-electron chi connectivity index (χ4n) is 1.86. The Balaban J connectivity index is 3.13. The SMILES string of the molecule is CCCN(CCC)C(=O)c1ccc(Cl)cc1[N+](=O)[O-]. The highest BCUT2D eigenvalue weighted by Gasteiger charge is 2.24. The molecule has 0 saturated heterocycles. The molecule has 0 radical (unpaired) electrons. The molecule has 1 aromatic rings. The molecule has 0 bridgehead atoms. The van der Waals surface area contributed by atoms with Crippen LogP contribution in [-0.2, 0) is 0 Å². The number of hydrogen-bond acceptors (Lipinski definition) is 3. The van der Waals surface area contributed by atoms with Crippen molar-refractivity contribution in [3.63, 3.8) is 0 Å². The lowest BCUT2D eigenvalue weighted by atomic mass is 10.1. The van der Waals surface area contributed by atoms with Gasteiger partial charge in [0.05, 0.1) is 4.92 Å². The summed E-state index contributed by atoms with van der Waals surface area (Å²) < 4.78 is 0. The Morgan fingerprint density at radius 2 is 1.89 bits per heavy atom. The van der Waals surface area contributed by atoms with Crippen LogP contribution in [-0.4, -0.2) is 28.8 Å². The van der Waals surface area contributed by atoms with Crippen molar-refractivity contribution in [3.05, 3.63) is 38.9 Å². The maximum atomic E-state index is 12.3. The van der Waals surface area contributed by atoms with Gasteiger partial charge in [-0.1, -0.05) is 25.4 Å². The molecular weight excluding hydrogens is 268 g/mol. The van der Waals surface area contributed by atoms with E-state index in [-0.39, 0.29) is 22.2 Å². The second-order valence-corrected chi connectivity index (χ2v) is 4.65. The molecule has 1 aromatic carbocycles. The summed E-state index contributed by atoms with van der Waals surface area (Å²) in [5.74, 6) is -0.313. The molecule has 0 fully saturated rings. The van der Waals surface area contributed by atoms with Crippen molar-refractivity contribution in [1.82, 2.24) is 4.90 Å². The van der Waals surface area contributed by atoms with Gasteiger partial charge in [-0.3, -0.25) is 14.9 Å². The van der Waals surface area contributed by atoms with E-state index in [4.69, 9.17) is 11.6 Å². The summed E-state index contributed by atoms with van der Waals surface area (Å²) in [5, 5.41) is 11.2. The Bertz CT molecular complexity index is 471. The molecule has 0 spiro atoms. The molecule has 5 nitrogen and oxygen atoms in total. The molecule has 0 aliphatic carbocycles. The Labute approximate surface area is 117 Å². The zero-order chi connectivity index (χ0) is 14.4. The molecule has 0 atom stereocenters. The highest BCUT2D eigenvalue weighted by Crippen LogP contribution is 2.24. The quantitative estimate of drug-likeness (QED) is 0.593. The monoisotopic (exact) mass is 284 g/mol. The molecule has 1 amide bonds. The first-order valence-electron chi connectivity index (χ1n) is 6.24. The molecule has 19 heavy (non-hydrogen) atoms. The number of benzene rings is 1. The first-order valence-corrected chi connectivity index (χ1v) is 6.62. The van der Waals surface area contributed by atoms with E-state index in [0.717, 1.165) is 12.8 Å². The third-order valence-corrected chi connectivity index (χ3v) is 2.90. The summed E-state index contributed by atoms with van der Waals surface area (Å²) in [6.45, 7) is 5.11. The summed E-state index contributed by atoms with van der Waals surface area (Å²) >= 11 is 5.74. The van der Waals surface area contributed by atoms with Gasteiger partial charge in [-0.2, -0.15) is 0 Å². The average molecular weight is 285 g/mol. The van der Waals surface area contributed by atoms with Crippen molar-refractivity contribution >= 4 is 23.2 Å². The maximum Gasteiger partial charge on any atom is 0.283 e. The molecule has 0 aliphatic heterocycles. The number of nitrogens with zero attached hydrogens (tertiary/aromatic N) is 2. The van der Waals surface area contributed by atoms with Gasteiger partial charge in [0.25, 0.3) is 11.6 Å². The predicted octanol–water partition coefficient (Wildman–Crippen LogP) is 3.51. The lowest BCUT2D eigenvalue weighted by Gasteiger charge is -2.21. The molecule has 0 heterocycles. The van der Waals surface area contributed by atoms with Crippen LogP contribution in [0.15, 0.2) is 18.2 Å². The Kier molecular flexibility index (Phi) is 5.76. The van der Waals surface area contributed by atoms with Gasteiger partial charge in [0.15, 0.2) is 0 Å². The van der Waals surface area contributed by atoms with E-state index in [0.29, 0.717) is 13.1 Å². The molecule has 0 N–H and O–H groups in total. The van der Waals surface area contributed by atoms with Crippen LogP contribution < -0.4 is 0 Å². The van der Waals surface area contributed by atoms with Gasteiger partial charge in [-0.15, -0.1) is 0 Å². The number of rotatable bonds is 6. The smallest absolute Gasteiger partial charge is 0.283 e. The molecule has 0 aliphatic rings. The molecule has 6 heteroatoms. The van der Waals surface area contributed by atoms with Crippen LogP contribution in [0.5, 0.6) is 0 Å². The van der Waals surface area contributed by atoms with E-state index in [2.05, 4.69) is 0 Å². The minimum atomic E-state index is -0.574. The van der Waals surface area contributed by atoms with E-state index < -0.39 is 4.92 Å². The topological polar surface area (TPSA) is 63.5 Å². The van der Waals surface area contributed by atoms with Crippen molar-refractivity contribution in [3.8, 4) is 0 Å². The van der Waals surface area contributed by atoms with Gasteiger partial charge in [0, 0.05) is 24.2 Å². The molecule has 0 saturated carbocycles. The predicted molar refractivity (Wildman–Crippen MR) is 74.6 cm³/mol. The number of amides is 1. The summed E-state index contributed by atoms with van der Waals surface area (Å²) in [4.78, 5) is 24.4. The third kappa shape index (κ3) is 3.92. The zero-order valence-corrected chi connectivity index (χ0v) is 11.8. The van der Waals surface area contributed by atoms with E-state index >= 15 is 0 Å². The van der Waals surface area contributed by atoms with Gasteiger partial charge in [0.1, 0.15) is 5.56 Å². The number of nitro groups is 1. The first kappa shape index (κ1) is 15.4. The van der Waals surface area contributed by atoms with Gasteiger partial charge >= 0.3 is 0 Å². The highest BCUT2D eigenvalue weighted by molar-refractivity contribution is 6.31. The van der Waals surface area contributed by atoms with E-state index in [1.165, 1.54) is 18.2 Å². The van der Waals surface area contributed by atoms with E-state index in [1.807, 2.05) is 13.8 Å². The second kappa shape index (κ2) is 7.09. The molecule has 104 valence electrons. The fourth-order valence-corrected chi connectivity index (χ4v) is 2.03. The zero-order valence-electron chi connectivity index (χ0n) is 11.1. The number of halogens is 1. The molecule has 0 unspecified atom stereocenters. The summed E-state index contributed by atoms with van der Waals surface area (Å²) in [7, 11) is 0. The number of nitro benzene ring substituents is 1. The van der Waals surface area contributed by atoms with Crippen LogP contribution in [0.3, 0.4) is 0 Å². The van der Waals surface area contributed by atoms with Gasteiger partial charge in [0.2, 0.25) is 0 Å². The second-order valence-electron chi connectivity index (χ2n) is 4.21. The Morgan fingerprint density at radius 3 is 2.37 bits per heavy atom. The van der Waals surface area contributed by atoms with Gasteiger partial charge in [-0.05, 0) is 25.0 Å². The summed E-state index contributed by atoms with van der Waals surface area (Å²) in [6.07, 6.45) is 1.63. The van der Waals surface area contributed by atoms with Crippen molar-refractivity contribution in [1.29, 1.82) is 0 Å².